The van der Waals surface area contributed by atoms with E-state index in [1.54, 1.807) is 19.9 Å². The van der Waals surface area contributed by atoms with Gasteiger partial charge in [0.25, 0.3) is 10.0 Å². The quantitative estimate of drug-likeness (QED) is 0.518. The molecule has 0 radical (unpaired) electrons. The van der Waals surface area contributed by atoms with Gasteiger partial charge in [-0.3, -0.25) is 9.78 Å². The Morgan fingerprint density at radius 2 is 1.73 bits per heavy atom. The predicted molar refractivity (Wildman–Crippen MR) is 107 cm³/mol. The van der Waals surface area contributed by atoms with Crippen molar-refractivity contribution in [1.82, 2.24) is 13.6 Å². The molecule has 0 spiro atoms. The number of pyridine rings is 1. The van der Waals surface area contributed by atoms with Gasteiger partial charge >= 0.3 is 0 Å². The number of ketones is 1. The average Bonchev–Trinajstić information content (AvgIpc) is 3.20. The molecular formula is C18H22N4O6S2. The first-order chi connectivity index (χ1) is 14.0. The third kappa shape index (κ3) is 4.44. The Kier molecular flexibility index (Phi) is 7.14. The largest absolute Gasteiger partial charge is 0.440 e. The fourth-order valence-corrected chi connectivity index (χ4v) is 4.80. The second-order valence-electron chi connectivity index (χ2n) is 6.34. The Labute approximate surface area is 175 Å². The van der Waals surface area contributed by atoms with Gasteiger partial charge in [0.1, 0.15) is 4.90 Å². The molecule has 1 atom stereocenters. The highest BCUT2D eigenvalue weighted by Crippen LogP contribution is 2.24. The average molecular weight is 455 g/mol. The molecule has 0 unspecified atom stereocenters. The third-order valence-corrected chi connectivity index (χ3v) is 8.07. The van der Waals surface area contributed by atoms with E-state index in [0.717, 1.165) is 16.6 Å². The maximum absolute atomic E-state index is 12.7. The molecule has 0 amide bonds. The molecule has 0 aliphatic heterocycles. The predicted octanol–water partition coefficient (Wildman–Crippen LogP) is 1.45. The number of carbonyl (C=O) groups excluding carboxylic acids is 1. The molecule has 30 heavy (non-hydrogen) atoms. The number of rotatable bonds is 9. The zero-order valence-electron chi connectivity index (χ0n) is 16.9. The summed E-state index contributed by atoms with van der Waals surface area (Å²) >= 11 is 0. The maximum Gasteiger partial charge on any atom is 0.275 e. The summed E-state index contributed by atoms with van der Waals surface area (Å²) < 4.78 is 56.6. The zero-order chi connectivity index (χ0) is 22.7. The lowest BCUT2D eigenvalue weighted by Crippen LogP contribution is -2.30. The molecule has 2 rings (SSSR count). The van der Waals surface area contributed by atoms with Crippen molar-refractivity contribution in [3.63, 3.8) is 0 Å². The summed E-state index contributed by atoms with van der Waals surface area (Å²) in [5, 5.41) is 9.02. The van der Waals surface area contributed by atoms with Gasteiger partial charge in [-0.15, -0.1) is 0 Å². The van der Waals surface area contributed by atoms with Crippen LogP contribution in [-0.2, 0) is 20.0 Å². The number of furan rings is 1. The summed E-state index contributed by atoms with van der Waals surface area (Å²) in [6.07, 6.45) is 1.09. The molecule has 0 saturated heterocycles. The first-order valence-corrected chi connectivity index (χ1v) is 11.8. The van der Waals surface area contributed by atoms with E-state index in [4.69, 9.17) is 4.42 Å². The molecule has 2 aromatic heterocycles. The Bertz CT molecular complexity index is 1160. The van der Waals surface area contributed by atoms with E-state index in [1.165, 1.54) is 36.6 Å². The van der Waals surface area contributed by atoms with Gasteiger partial charge in [0.05, 0.1) is 11.8 Å². The fraction of sp³-hybridized carbons (Fsp3) is 0.389. The number of hydrogen-bond donors (Lipinski definition) is 0. The fourth-order valence-electron chi connectivity index (χ4n) is 2.60. The monoisotopic (exact) mass is 454 g/mol. The zero-order valence-corrected chi connectivity index (χ0v) is 18.6. The van der Waals surface area contributed by atoms with E-state index in [1.807, 2.05) is 0 Å². The second kappa shape index (κ2) is 9.05. The van der Waals surface area contributed by atoms with Crippen LogP contribution >= 0.6 is 0 Å². The van der Waals surface area contributed by atoms with Gasteiger partial charge in [-0.25, -0.2) is 21.1 Å². The molecule has 12 heteroatoms. The number of hydrogen-bond acceptors (Lipinski definition) is 8. The van der Waals surface area contributed by atoms with Crippen molar-refractivity contribution in [1.29, 1.82) is 5.26 Å². The van der Waals surface area contributed by atoms with Crippen LogP contribution in [0.1, 0.15) is 36.0 Å². The number of nitrogens with zero attached hydrogens (tertiary/aromatic N) is 4. The van der Waals surface area contributed by atoms with Crippen LogP contribution < -0.4 is 0 Å². The minimum absolute atomic E-state index is 0.0226. The number of nitriles is 1. The summed E-state index contributed by atoms with van der Waals surface area (Å²) in [4.78, 5) is 16.6. The molecule has 162 valence electrons. The van der Waals surface area contributed by atoms with E-state index in [-0.39, 0.29) is 29.4 Å². The minimum Gasteiger partial charge on any atom is -0.440 e. The van der Waals surface area contributed by atoms with Crippen LogP contribution in [0, 0.1) is 11.3 Å². The lowest BCUT2D eigenvalue weighted by atomic mass is 9.99. The van der Waals surface area contributed by atoms with Crippen molar-refractivity contribution < 1.29 is 26.0 Å². The van der Waals surface area contributed by atoms with Crippen molar-refractivity contribution in [3.05, 3.63) is 41.9 Å². The number of carbonyl (C=O) groups is 1. The number of Topliss-reactive ketones (excluding diaryl/α,β-unsaturated/α-hetero) is 1. The first-order valence-electron chi connectivity index (χ1n) is 8.93. The Morgan fingerprint density at radius 3 is 2.20 bits per heavy atom. The Morgan fingerprint density at radius 1 is 1.10 bits per heavy atom. The molecule has 0 fully saturated rings. The summed E-state index contributed by atoms with van der Waals surface area (Å²) in [5.74, 6) is -2.50. The summed E-state index contributed by atoms with van der Waals surface area (Å²) in [5.41, 5.74) is 0.0226. The first kappa shape index (κ1) is 23.7. The van der Waals surface area contributed by atoms with Crippen LogP contribution in [0.2, 0.25) is 0 Å². The van der Waals surface area contributed by atoms with Crippen LogP contribution in [0.5, 0.6) is 0 Å². The van der Waals surface area contributed by atoms with Crippen molar-refractivity contribution >= 4 is 25.8 Å². The topological polar surface area (TPSA) is 142 Å². The van der Waals surface area contributed by atoms with E-state index in [9.17, 15) is 26.9 Å². The van der Waals surface area contributed by atoms with E-state index in [0.29, 0.717) is 0 Å². The lowest BCUT2D eigenvalue weighted by molar-refractivity contribution is 0.0945. The Hall–Kier alpha value is -2.59. The third-order valence-electron chi connectivity index (χ3n) is 4.35. The van der Waals surface area contributed by atoms with Crippen molar-refractivity contribution in [2.45, 2.75) is 29.8 Å². The highest BCUT2D eigenvalue weighted by atomic mass is 32.2. The molecule has 0 aromatic carbocycles. The molecular weight excluding hydrogens is 432 g/mol. The van der Waals surface area contributed by atoms with Gasteiger partial charge < -0.3 is 4.42 Å². The molecule has 2 aromatic rings. The van der Waals surface area contributed by atoms with Crippen LogP contribution in [0.25, 0.3) is 0 Å². The van der Waals surface area contributed by atoms with Crippen molar-refractivity contribution in [2.24, 2.45) is 0 Å². The number of sulfonamides is 2. The van der Waals surface area contributed by atoms with Gasteiger partial charge in [0.2, 0.25) is 20.9 Å². The summed E-state index contributed by atoms with van der Waals surface area (Å²) in [6, 6.07) is 6.65. The molecule has 0 saturated carbocycles. The summed E-state index contributed by atoms with van der Waals surface area (Å²) in [7, 11) is -4.98. The van der Waals surface area contributed by atoms with Crippen LogP contribution in [-0.4, -0.2) is 63.4 Å². The molecule has 0 bridgehead atoms. The Balaban J connectivity index is 2.34. The minimum atomic E-state index is -3.88. The van der Waals surface area contributed by atoms with Gasteiger partial charge in [0, 0.05) is 33.4 Å². The number of aromatic nitrogens is 1. The van der Waals surface area contributed by atoms with Crippen LogP contribution in [0.15, 0.2) is 44.9 Å². The van der Waals surface area contributed by atoms with E-state index >= 15 is 0 Å². The highest BCUT2D eigenvalue weighted by Gasteiger charge is 2.30. The van der Waals surface area contributed by atoms with Crippen LogP contribution in [0.4, 0.5) is 0 Å². The standard InChI is InChI=1S/C18H22N4O6S2/c1-5-22(6-2)29(24,25)13-7-8-15(20-12-13)14(11-19)18(23)16-9-10-17(28-16)30(26,27)21(3)4/h7-10,12,14H,5-6H2,1-4H3/t14-/m1/s1. The highest BCUT2D eigenvalue weighted by molar-refractivity contribution is 7.89. The molecule has 0 aliphatic carbocycles. The molecule has 0 N–H and O–H groups in total. The summed E-state index contributed by atoms with van der Waals surface area (Å²) in [6.45, 7) is 4.00. The van der Waals surface area contributed by atoms with Crippen LogP contribution in [0.3, 0.4) is 0 Å². The van der Waals surface area contributed by atoms with Crippen molar-refractivity contribution in [3.8, 4) is 6.07 Å². The van der Waals surface area contributed by atoms with Crippen molar-refractivity contribution in [2.75, 3.05) is 27.2 Å². The molecule has 2 heterocycles. The van der Waals surface area contributed by atoms with E-state index < -0.39 is 36.8 Å². The SMILES string of the molecule is CCN(CC)S(=O)(=O)c1ccc([C@@H](C#N)C(=O)c2ccc(S(=O)(=O)N(C)C)o2)nc1. The molecule has 0 aliphatic rings. The lowest BCUT2D eigenvalue weighted by Gasteiger charge is -2.18. The van der Waals surface area contributed by atoms with Gasteiger partial charge in [-0.2, -0.15) is 9.57 Å². The normalized spacial score (nSPS) is 13.4. The second-order valence-corrected chi connectivity index (χ2v) is 10.4. The maximum atomic E-state index is 12.7. The van der Waals surface area contributed by atoms with Gasteiger partial charge in [-0.1, -0.05) is 13.8 Å². The van der Waals surface area contributed by atoms with E-state index in [2.05, 4.69) is 4.98 Å². The molecule has 10 nitrogen and oxygen atoms in total. The van der Waals surface area contributed by atoms with Gasteiger partial charge in [0.15, 0.2) is 11.7 Å². The van der Waals surface area contributed by atoms with Gasteiger partial charge in [-0.05, 0) is 24.3 Å². The smallest absolute Gasteiger partial charge is 0.275 e.